The van der Waals surface area contributed by atoms with Crippen LogP contribution in [-0.4, -0.2) is 4.98 Å². The van der Waals surface area contributed by atoms with Crippen molar-refractivity contribution in [3.8, 4) is 0 Å². The Morgan fingerprint density at radius 3 is 2.56 bits per heavy atom. The van der Waals surface area contributed by atoms with E-state index in [9.17, 15) is 0 Å². The van der Waals surface area contributed by atoms with Crippen molar-refractivity contribution in [3.05, 3.63) is 65.0 Å². The van der Waals surface area contributed by atoms with Crippen LogP contribution in [-0.2, 0) is 13.0 Å². The number of rotatable bonds is 3. The van der Waals surface area contributed by atoms with E-state index in [0.717, 1.165) is 12.1 Å². The lowest BCUT2D eigenvalue weighted by Crippen LogP contribution is -2.06. The predicted molar refractivity (Wildman–Crippen MR) is 66.1 cm³/mol. The first-order chi connectivity index (χ1) is 7.81. The minimum Gasteiger partial charge on any atom is -0.326 e. The Morgan fingerprint density at radius 1 is 1.12 bits per heavy atom. The lowest BCUT2D eigenvalue weighted by Gasteiger charge is -2.09. The number of aryl methyl sites for hydroxylation is 1. The van der Waals surface area contributed by atoms with Crippen LogP contribution in [0.3, 0.4) is 0 Å². The monoisotopic (exact) mass is 212 g/mol. The molecule has 0 aliphatic rings. The summed E-state index contributed by atoms with van der Waals surface area (Å²) in [6.07, 6.45) is 2.71. The van der Waals surface area contributed by atoms with Crippen molar-refractivity contribution in [2.75, 3.05) is 0 Å². The second-order valence-electron chi connectivity index (χ2n) is 3.92. The molecule has 2 N–H and O–H groups in total. The molecule has 0 bridgehead atoms. The molecule has 0 spiro atoms. The van der Waals surface area contributed by atoms with Crippen LogP contribution in [0.2, 0.25) is 0 Å². The van der Waals surface area contributed by atoms with Gasteiger partial charge in [0, 0.05) is 24.9 Å². The van der Waals surface area contributed by atoms with Crippen molar-refractivity contribution in [3.63, 3.8) is 0 Å². The van der Waals surface area contributed by atoms with E-state index in [1.54, 1.807) is 0 Å². The molecule has 0 aliphatic carbocycles. The van der Waals surface area contributed by atoms with Gasteiger partial charge in [-0.15, -0.1) is 0 Å². The van der Waals surface area contributed by atoms with Gasteiger partial charge in [-0.2, -0.15) is 0 Å². The van der Waals surface area contributed by atoms with Crippen LogP contribution in [0.25, 0.3) is 0 Å². The Labute approximate surface area is 96.1 Å². The molecule has 0 unspecified atom stereocenters. The van der Waals surface area contributed by atoms with Gasteiger partial charge >= 0.3 is 0 Å². The molecule has 2 aromatic rings. The number of nitrogens with two attached hydrogens (primary N) is 1. The molecule has 1 heterocycles. The Hall–Kier alpha value is -1.67. The molecule has 0 atom stereocenters. The minimum atomic E-state index is 0.557. The molecular formula is C14H16N2. The van der Waals surface area contributed by atoms with Gasteiger partial charge in [-0.05, 0) is 29.7 Å². The van der Waals surface area contributed by atoms with Crippen LogP contribution in [0, 0.1) is 6.92 Å². The number of hydrogen-bond acceptors (Lipinski definition) is 2. The summed E-state index contributed by atoms with van der Waals surface area (Å²) in [6.45, 7) is 2.64. The van der Waals surface area contributed by atoms with Crippen molar-refractivity contribution in [1.82, 2.24) is 4.98 Å². The SMILES string of the molecule is Cc1ccnc(Cc2ccccc2)c1CN. The van der Waals surface area contributed by atoms with Crippen molar-refractivity contribution in [2.24, 2.45) is 5.73 Å². The molecule has 2 rings (SSSR count). The summed E-state index contributed by atoms with van der Waals surface area (Å²) in [4.78, 5) is 4.43. The summed E-state index contributed by atoms with van der Waals surface area (Å²) in [5.74, 6) is 0. The first kappa shape index (κ1) is 10.8. The van der Waals surface area contributed by atoms with Crippen LogP contribution in [0.4, 0.5) is 0 Å². The van der Waals surface area contributed by atoms with E-state index in [1.807, 2.05) is 30.5 Å². The second kappa shape index (κ2) is 4.90. The third-order valence-corrected chi connectivity index (χ3v) is 2.80. The molecule has 0 saturated carbocycles. The standard InChI is InChI=1S/C14H16N2/c1-11-7-8-16-14(13(11)10-15)9-12-5-3-2-4-6-12/h2-8H,9-10,15H2,1H3. The number of pyridine rings is 1. The minimum absolute atomic E-state index is 0.557. The first-order valence-electron chi connectivity index (χ1n) is 5.48. The lowest BCUT2D eigenvalue weighted by molar-refractivity contribution is 0.948. The summed E-state index contributed by atoms with van der Waals surface area (Å²) in [5.41, 5.74) is 10.5. The highest BCUT2D eigenvalue weighted by atomic mass is 14.7. The Balaban J connectivity index is 2.31. The summed E-state index contributed by atoms with van der Waals surface area (Å²) in [6, 6.07) is 12.4. The Kier molecular flexibility index (Phi) is 3.32. The van der Waals surface area contributed by atoms with Crippen LogP contribution >= 0.6 is 0 Å². The molecular weight excluding hydrogens is 196 g/mol. The van der Waals surface area contributed by atoms with Gasteiger partial charge in [-0.3, -0.25) is 4.98 Å². The average molecular weight is 212 g/mol. The van der Waals surface area contributed by atoms with E-state index in [2.05, 4.69) is 24.0 Å². The zero-order valence-electron chi connectivity index (χ0n) is 9.48. The number of hydrogen-bond donors (Lipinski definition) is 1. The largest absolute Gasteiger partial charge is 0.326 e. The summed E-state index contributed by atoms with van der Waals surface area (Å²) in [7, 11) is 0. The van der Waals surface area contributed by atoms with Crippen LogP contribution in [0.1, 0.15) is 22.4 Å². The molecule has 0 fully saturated rings. The van der Waals surface area contributed by atoms with Gasteiger partial charge in [-0.25, -0.2) is 0 Å². The van der Waals surface area contributed by atoms with Crippen LogP contribution in [0.15, 0.2) is 42.6 Å². The molecule has 1 aromatic heterocycles. The molecule has 0 saturated heterocycles. The highest BCUT2D eigenvalue weighted by Gasteiger charge is 2.05. The van der Waals surface area contributed by atoms with Gasteiger partial charge < -0.3 is 5.73 Å². The fourth-order valence-corrected chi connectivity index (χ4v) is 1.87. The van der Waals surface area contributed by atoms with E-state index >= 15 is 0 Å². The Morgan fingerprint density at radius 2 is 1.88 bits per heavy atom. The highest BCUT2D eigenvalue weighted by molar-refractivity contribution is 5.32. The van der Waals surface area contributed by atoms with Gasteiger partial charge in [0.05, 0.1) is 0 Å². The smallest absolute Gasteiger partial charge is 0.0494 e. The third kappa shape index (κ3) is 2.28. The normalized spacial score (nSPS) is 10.4. The maximum absolute atomic E-state index is 5.77. The average Bonchev–Trinajstić information content (AvgIpc) is 2.31. The quantitative estimate of drug-likeness (QED) is 0.848. The van der Waals surface area contributed by atoms with Gasteiger partial charge in [0.2, 0.25) is 0 Å². The predicted octanol–water partition coefficient (Wildman–Crippen LogP) is 2.44. The molecule has 1 aromatic carbocycles. The van der Waals surface area contributed by atoms with E-state index in [-0.39, 0.29) is 0 Å². The van der Waals surface area contributed by atoms with Crippen molar-refractivity contribution >= 4 is 0 Å². The van der Waals surface area contributed by atoms with Gasteiger partial charge in [0.15, 0.2) is 0 Å². The van der Waals surface area contributed by atoms with Crippen LogP contribution in [0.5, 0.6) is 0 Å². The van der Waals surface area contributed by atoms with Crippen molar-refractivity contribution in [1.29, 1.82) is 0 Å². The van der Waals surface area contributed by atoms with Crippen LogP contribution < -0.4 is 5.73 Å². The fraction of sp³-hybridized carbons (Fsp3) is 0.214. The second-order valence-corrected chi connectivity index (χ2v) is 3.92. The van der Waals surface area contributed by atoms with E-state index in [4.69, 9.17) is 5.73 Å². The maximum atomic E-state index is 5.77. The summed E-state index contributed by atoms with van der Waals surface area (Å²) >= 11 is 0. The molecule has 2 nitrogen and oxygen atoms in total. The van der Waals surface area contributed by atoms with Gasteiger partial charge in [-0.1, -0.05) is 30.3 Å². The zero-order valence-corrected chi connectivity index (χ0v) is 9.48. The highest BCUT2D eigenvalue weighted by Crippen LogP contribution is 2.14. The Bertz CT molecular complexity index is 463. The zero-order chi connectivity index (χ0) is 11.4. The number of benzene rings is 1. The molecule has 82 valence electrons. The fourth-order valence-electron chi connectivity index (χ4n) is 1.87. The molecule has 0 amide bonds. The van der Waals surface area contributed by atoms with Gasteiger partial charge in [0.25, 0.3) is 0 Å². The van der Waals surface area contributed by atoms with Crippen molar-refractivity contribution in [2.45, 2.75) is 19.9 Å². The van der Waals surface area contributed by atoms with E-state index in [0.29, 0.717) is 6.54 Å². The maximum Gasteiger partial charge on any atom is 0.0494 e. The van der Waals surface area contributed by atoms with E-state index < -0.39 is 0 Å². The van der Waals surface area contributed by atoms with Gasteiger partial charge in [0.1, 0.15) is 0 Å². The lowest BCUT2D eigenvalue weighted by atomic mass is 10.0. The molecule has 16 heavy (non-hydrogen) atoms. The summed E-state index contributed by atoms with van der Waals surface area (Å²) in [5, 5.41) is 0. The molecule has 0 radical (unpaired) electrons. The summed E-state index contributed by atoms with van der Waals surface area (Å²) < 4.78 is 0. The number of nitrogens with zero attached hydrogens (tertiary/aromatic N) is 1. The third-order valence-electron chi connectivity index (χ3n) is 2.80. The molecule has 0 aliphatic heterocycles. The first-order valence-corrected chi connectivity index (χ1v) is 5.48. The number of aromatic nitrogens is 1. The van der Waals surface area contributed by atoms with Crippen molar-refractivity contribution < 1.29 is 0 Å². The molecule has 2 heteroatoms. The topological polar surface area (TPSA) is 38.9 Å². The van der Waals surface area contributed by atoms with E-state index in [1.165, 1.54) is 16.7 Å².